The molecule has 1 aromatic rings. The third-order valence-corrected chi connectivity index (χ3v) is 3.46. The van der Waals surface area contributed by atoms with Crippen LogP contribution in [-0.4, -0.2) is 26.3 Å². The summed E-state index contributed by atoms with van der Waals surface area (Å²) in [4.78, 5) is 11.5. The summed E-state index contributed by atoms with van der Waals surface area (Å²) in [5, 5.41) is 2.69. The summed E-state index contributed by atoms with van der Waals surface area (Å²) in [7, 11) is -3.10. The molecule has 0 saturated heterocycles. The Morgan fingerprint density at radius 3 is 2.44 bits per heavy atom. The molecule has 0 aliphatic heterocycles. The molecule has 0 heterocycles. The minimum Gasteiger partial charge on any atom is -0.352 e. The van der Waals surface area contributed by atoms with Gasteiger partial charge in [-0.25, -0.2) is 8.42 Å². The number of rotatable bonds is 6. The van der Waals surface area contributed by atoms with Crippen LogP contribution in [0.5, 0.6) is 0 Å². The van der Waals surface area contributed by atoms with Crippen molar-refractivity contribution in [2.24, 2.45) is 5.73 Å². The Bertz CT molecular complexity index is 512. The van der Waals surface area contributed by atoms with Crippen molar-refractivity contribution in [2.45, 2.75) is 19.5 Å². The number of hydrogen-bond donors (Lipinski definition) is 2. The van der Waals surface area contributed by atoms with Gasteiger partial charge in [0.1, 0.15) is 9.84 Å². The molecule has 0 fully saturated rings. The molecule has 0 aromatic heterocycles. The maximum Gasteiger partial charge on any atom is 0.221 e. The van der Waals surface area contributed by atoms with Crippen LogP contribution in [0.2, 0.25) is 0 Å². The number of carbonyl (C=O) groups is 1. The Balaban J connectivity index is 2.47. The van der Waals surface area contributed by atoms with Gasteiger partial charge < -0.3 is 11.1 Å². The zero-order valence-electron chi connectivity index (χ0n) is 10.3. The largest absolute Gasteiger partial charge is 0.352 e. The Kier molecular flexibility index (Phi) is 5.30. The molecule has 1 rings (SSSR count). The molecule has 0 aliphatic carbocycles. The van der Waals surface area contributed by atoms with Crippen molar-refractivity contribution in [2.75, 3.05) is 12.0 Å². The van der Waals surface area contributed by atoms with Gasteiger partial charge in [-0.3, -0.25) is 4.79 Å². The van der Waals surface area contributed by atoms with Gasteiger partial charge in [-0.2, -0.15) is 0 Å². The number of nitrogens with two attached hydrogens (primary N) is 1. The third-order valence-electron chi connectivity index (χ3n) is 2.51. The first kappa shape index (κ1) is 14.7. The van der Waals surface area contributed by atoms with Crippen molar-refractivity contribution in [3.05, 3.63) is 35.4 Å². The van der Waals surface area contributed by atoms with Crippen molar-refractivity contribution >= 4 is 15.7 Å². The van der Waals surface area contributed by atoms with E-state index in [0.29, 0.717) is 13.1 Å². The van der Waals surface area contributed by atoms with Gasteiger partial charge in [-0.1, -0.05) is 24.3 Å². The Morgan fingerprint density at radius 2 is 1.89 bits per heavy atom. The van der Waals surface area contributed by atoms with Crippen molar-refractivity contribution in [3.8, 4) is 0 Å². The van der Waals surface area contributed by atoms with Crippen LogP contribution in [0.25, 0.3) is 0 Å². The maximum absolute atomic E-state index is 11.5. The van der Waals surface area contributed by atoms with E-state index in [9.17, 15) is 13.2 Å². The van der Waals surface area contributed by atoms with E-state index in [2.05, 4.69) is 5.32 Å². The average Bonchev–Trinajstić information content (AvgIpc) is 2.33. The lowest BCUT2D eigenvalue weighted by molar-refractivity contribution is -0.120. The van der Waals surface area contributed by atoms with Crippen molar-refractivity contribution in [1.82, 2.24) is 5.32 Å². The first-order chi connectivity index (χ1) is 8.42. The Labute approximate surface area is 107 Å². The molecule has 6 heteroatoms. The van der Waals surface area contributed by atoms with E-state index in [4.69, 9.17) is 5.73 Å². The third kappa shape index (κ3) is 5.29. The summed E-state index contributed by atoms with van der Waals surface area (Å²) in [6.45, 7) is 0.783. The fourth-order valence-electron chi connectivity index (χ4n) is 1.49. The summed E-state index contributed by atoms with van der Waals surface area (Å²) in [6.07, 6.45) is 1.10. The van der Waals surface area contributed by atoms with Crippen molar-refractivity contribution in [3.63, 3.8) is 0 Å². The molecular weight excluding hydrogens is 252 g/mol. The van der Waals surface area contributed by atoms with Crippen LogP contribution < -0.4 is 11.1 Å². The van der Waals surface area contributed by atoms with E-state index in [1.807, 2.05) is 24.3 Å². The molecule has 0 saturated carbocycles. The minimum atomic E-state index is -3.10. The van der Waals surface area contributed by atoms with Crippen LogP contribution in [0.1, 0.15) is 17.5 Å². The van der Waals surface area contributed by atoms with Gasteiger partial charge in [-0.05, 0) is 11.1 Å². The molecule has 5 nitrogen and oxygen atoms in total. The van der Waals surface area contributed by atoms with E-state index in [-0.39, 0.29) is 18.1 Å². The molecule has 0 radical (unpaired) electrons. The molecule has 1 aromatic carbocycles. The van der Waals surface area contributed by atoms with Gasteiger partial charge in [0.2, 0.25) is 5.91 Å². The van der Waals surface area contributed by atoms with Crippen LogP contribution in [0.4, 0.5) is 0 Å². The topological polar surface area (TPSA) is 89.3 Å². The standard InChI is InChI=1S/C12H18N2O3S/c1-18(16,17)7-6-12(15)14-9-11-5-3-2-4-10(11)8-13/h2-5H,6-9,13H2,1H3,(H,14,15). The van der Waals surface area contributed by atoms with Gasteiger partial charge in [0.05, 0.1) is 5.75 Å². The predicted molar refractivity (Wildman–Crippen MR) is 70.5 cm³/mol. The average molecular weight is 270 g/mol. The molecule has 3 N–H and O–H groups in total. The van der Waals surface area contributed by atoms with Crippen molar-refractivity contribution in [1.29, 1.82) is 0 Å². The zero-order valence-corrected chi connectivity index (χ0v) is 11.2. The fraction of sp³-hybridized carbons (Fsp3) is 0.417. The maximum atomic E-state index is 11.5. The highest BCUT2D eigenvalue weighted by atomic mass is 32.2. The second kappa shape index (κ2) is 6.51. The lowest BCUT2D eigenvalue weighted by atomic mass is 10.1. The summed E-state index contributed by atoms with van der Waals surface area (Å²) in [5.74, 6) is -0.399. The van der Waals surface area contributed by atoms with Crippen LogP contribution in [-0.2, 0) is 27.7 Å². The molecule has 0 atom stereocenters. The monoisotopic (exact) mass is 270 g/mol. The van der Waals surface area contributed by atoms with Gasteiger partial charge >= 0.3 is 0 Å². The van der Waals surface area contributed by atoms with Crippen LogP contribution in [0.15, 0.2) is 24.3 Å². The SMILES string of the molecule is CS(=O)(=O)CCC(=O)NCc1ccccc1CN. The molecule has 0 unspecified atom stereocenters. The Hall–Kier alpha value is -1.40. The normalized spacial score (nSPS) is 11.2. The number of amides is 1. The predicted octanol–water partition coefficient (Wildman–Crippen LogP) is 0.196. The van der Waals surface area contributed by atoms with Gasteiger partial charge in [0, 0.05) is 25.8 Å². The minimum absolute atomic E-state index is 0.0103. The first-order valence-corrected chi connectivity index (χ1v) is 7.69. The van der Waals surface area contributed by atoms with E-state index in [1.165, 1.54) is 0 Å². The molecule has 0 bridgehead atoms. The van der Waals surface area contributed by atoms with E-state index >= 15 is 0 Å². The summed E-state index contributed by atoms with van der Waals surface area (Å²) in [5.41, 5.74) is 7.51. The fourth-order valence-corrected chi connectivity index (χ4v) is 2.05. The highest BCUT2D eigenvalue weighted by Crippen LogP contribution is 2.07. The quantitative estimate of drug-likeness (QED) is 0.772. The van der Waals surface area contributed by atoms with Gasteiger partial charge in [-0.15, -0.1) is 0 Å². The summed E-state index contributed by atoms with van der Waals surface area (Å²) in [6, 6.07) is 7.55. The Morgan fingerprint density at radius 1 is 1.28 bits per heavy atom. The van der Waals surface area contributed by atoms with Crippen LogP contribution in [0, 0.1) is 0 Å². The molecule has 18 heavy (non-hydrogen) atoms. The van der Waals surface area contributed by atoms with Crippen LogP contribution >= 0.6 is 0 Å². The lowest BCUT2D eigenvalue weighted by Gasteiger charge is -2.09. The molecular formula is C12H18N2O3S. The second-order valence-corrected chi connectivity index (χ2v) is 6.39. The van der Waals surface area contributed by atoms with E-state index < -0.39 is 9.84 Å². The number of hydrogen-bond acceptors (Lipinski definition) is 4. The van der Waals surface area contributed by atoms with Crippen LogP contribution in [0.3, 0.4) is 0 Å². The summed E-state index contributed by atoms with van der Waals surface area (Å²) < 4.78 is 21.8. The first-order valence-electron chi connectivity index (χ1n) is 5.63. The number of nitrogens with one attached hydrogen (secondary N) is 1. The van der Waals surface area contributed by atoms with E-state index in [1.54, 1.807) is 0 Å². The highest BCUT2D eigenvalue weighted by molar-refractivity contribution is 7.90. The second-order valence-electron chi connectivity index (χ2n) is 4.13. The number of carbonyl (C=O) groups excluding carboxylic acids is 1. The van der Waals surface area contributed by atoms with Crippen molar-refractivity contribution < 1.29 is 13.2 Å². The molecule has 0 aliphatic rings. The number of sulfone groups is 1. The van der Waals surface area contributed by atoms with Gasteiger partial charge in [0.15, 0.2) is 0 Å². The smallest absolute Gasteiger partial charge is 0.221 e. The number of benzene rings is 1. The molecule has 0 spiro atoms. The molecule has 1 amide bonds. The van der Waals surface area contributed by atoms with Gasteiger partial charge in [0.25, 0.3) is 0 Å². The molecule has 100 valence electrons. The zero-order chi connectivity index (χ0) is 13.6. The highest BCUT2D eigenvalue weighted by Gasteiger charge is 2.08. The van der Waals surface area contributed by atoms with E-state index in [0.717, 1.165) is 17.4 Å². The summed E-state index contributed by atoms with van der Waals surface area (Å²) >= 11 is 0. The lowest BCUT2D eigenvalue weighted by Crippen LogP contribution is -2.25.